The van der Waals surface area contributed by atoms with Crippen molar-refractivity contribution in [3.05, 3.63) is 29.8 Å². The fraction of sp³-hybridized carbons (Fsp3) is 0.533. The van der Waals surface area contributed by atoms with Gasteiger partial charge in [0, 0.05) is 18.0 Å². The van der Waals surface area contributed by atoms with Crippen molar-refractivity contribution in [3.8, 4) is 0 Å². The molecule has 1 fully saturated rings. The second-order valence-electron chi connectivity index (χ2n) is 4.94. The highest BCUT2D eigenvalue weighted by molar-refractivity contribution is 6.19. The van der Waals surface area contributed by atoms with Crippen LogP contribution >= 0.6 is 11.6 Å². The van der Waals surface area contributed by atoms with E-state index in [1.807, 2.05) is 12.1 Å². The van der Waals surface area contributed by atoms with Gasteiger partial charge in [0.25, 0.3) is 0 Å². The van der Waals surface area contributed by atoms with Crippen LogP contribution in [0.2, 0.25) is 0 Å². The summed E-state index contributed by atoms with van der Waals surface area (Å²) in [6, 6.07) is 8.28. The number of halogens is 1. The second-order valence-corrected chi connectivity index (χ2v) is 5.32. The van der Waals surface area contributed by atoms with Crippen LogP contribution in [0, 0.1) is 0 Å². The molecular weight excluding hydrogens is 246 g/mol. The van der Waals surface area contributed by atoms with Gasteiger partial charge in [-0.1, -0.05) is 31.4 Å². The summed E-state index contributed by atoms with van der Waals surface area (Å²) in [5.74, 6) is 1.06. The lowest BCUT2D eigenvalue weighted by Gasteiger charge is -2.22. The molecule has 0 heterocycles. The third-order valence-electron chi connectivity index (χ3n) is 3.59. The lowest BCUT2D eigenvalue weighted by atomic mass is 9.84. The maximum absolute atomic E-state index is 11.4. The molecule has 2 rings (SSSR count). The number of hydrogen-bond donors (Lipinski definition) is 1. The van der Waals surface area contributed by atoms with Gasteiger partial charge in [0.1, 0.15) is 0 Å². The van der Waals surface area contributed by atoms with Crippen molar-refractivity contribution in [2.24, 2.45) is 0 Å². The van der Waals surface area contributed by atoms with Crippen LogP contribution in [-0.4, -0.2) is 11.8 Å². The first-order valence-electron chi connectivity index (χ1n) is 6.75. The number of hydrogen-bond acceptors (Lipinski definition) is 1. The molecule has 2 nitrogen and oxygen atoms in total. The van der Waals surface area contributed by atoms with Gasteiger partial charge in [-0.2, -0.15) is 0 Å². The molecular formula is C15H20ClNO. The molecule has 1 aliphatic carbocycles. The average molecular weight is 266 g/mol. The first kappa shape index (κ1) is 13.4. The maximum atomic E-state index is 11.4. The van der Waals surface area contributed by atoms with E-state index in [4.69, 9.17) is 11.6 Å². The maximum Gasteiger partial charge on any atom is 0.225 e. The largest absolute Gasteiger partial charge is 0.326 e. The Kier molecular flexibility index (Phi) is 5.06. The molecule has 0 aromatic heterocycles. The van der Waals surface area contributed by atoms with E-state index in [2.05, 4.69) is 17.4 Å². The smallest absolute Gasteiger partial charge is 0.225 e. The van der Waals surface area contributed by atoms with Gasteiger partial charge in [0.15, 0.2) is 0 Å². The highest BCUT2D eigenvalue weighted by Gasteiger charge is 2.15. The summed E-state index contributed by atoms with van der Waals surface area (Å²) in [7, 11) is 0. The lowest BCUT2D eigenvalue weighted by Crippen LogP contribution is -2.11. The fourth-order valence-corrected chi connectivity index (χ4v) is 2.76. The van der Waals surface area contributed by atoms with Crippen molar-refractivity contribution in [1.29, 1.82) is 0 Å². The molecule has 0 aliphatic heterocycles. The van der Waals surface area contributed by atoms with Crippen molar-refractivity contribution in [3.63, 3.8) is 0 Å². The second kappa shape index (κ2) is 6.79. The van der Waals surface area contributed by atoms with Gasteiger partial charge in [-0.15, -0.1) is 11.6 Å². The molecule has 1 aliphatic rings. The zero-order valence-electron chi connectivity index (χ0n) is 10.6. The number of carbonyl (C=O) groups excluding carboxylic acids is 1. The summed E-state index contributed by atoms with van der Waals surface area (Å²) in [4.78, 5) is 11.4. The van der Waals surface area contributed by atoms with Gasteiger partial charge in [0.05, 0.1) is 0 Å². The SMILES string of the molecule is O=C(CCCl)Nc1ccc(C2CCCCC2)cc1. The number of benzene rings is 1. The van der Waals surface area contributed by atoms with E-state index in [0.29, 0.717) is 18.2 Å². The van der Waals surface area contributed by atoms with Crippen molar-refractivity contribution >= 4 is 23.2 Å². The van der Waals surface area contributed by atoms with Crippen molar-refractivity contribution < 1.29 is 4.79 Å². The quantitative estimate of drug-likeness (QED) is 0.808. The summed E-state index contributed by atoms with van der Waals surface area (Å²) >= 11 is 5.53. The van der Waals surface area contributed by atoms with E-state index in [1.165, 1.54) is 37.7 Å². The highest BCUT2D eigenvalue weighted by atomic mass is 35.5. The zero-order valence-corrected chi connectivity index (χ0v) is 11.4. The van der Waals surface area contributed by atoms with Crippen LogP contribution in [0.1, 0.15) is 50.0 Å². The van der Waals surface area contributed by atoms with Gasteiger partial charge in [-0.05, 0) is 36.5 Å². The van der Waals surface area contributed by atoms with E-state index >= 15 is 0 Å². The third-order valence-corrected chi connectivity index (χ3v) is 3.78. The van der Waals surface area contributed by atoms with E-state index < -0.39 is 0 Å². The number of amides is 1. The summed E-state index contributed by atoms with van der Waals surface area (Å²) in [6.07, 6.45) is 7.04. The van der Waals surface area contributed by atoms with Crippen LogP contribution < -0.4 is 5.32 Å². The molecule has 0 unspecified atom stereocenters. The van der Waals surface area contributed by atoms with Gasteiger partial charge < -0.3 is 5.32 Å². The summed E-state index contributed by atoms with van der Waals surface area (Å²) in [6.45, 7) is 0. The number of nitrogens with one attached hydrogen (secondary N) is 1. The number of alkyl halides is 1. The molecule has 1 amide bonds. The summed E-state index contributed by atoms with van der Waals surface area (Å²) < 4.78 is 0. The molecule has 18 heavy (non-hydrogen) atoms. The van der Waals surface area contributed by atoms with Crippen molar-refractivity contribution in [2.75, 3.05) is 11.2 Å². The molecule has 0 radical (unpaired) electrons. The molecule has 0 saturated heterocycles. The van der Waals surface area contributed by atoms with Gasteiger partial charge in [-0.25, -0.2) is 0 Å². The fourth-order valence-electron chi connectivity index (χ4n) is 2.58. The van der Waals surface area contributed by atoms with Crippen molar-refractivity contribution in [2.45, 2.75) is 44.4 Å². The minimum atomic E-state index is -0.0181. The van der Waals surface area contributed by atoms with Gasteiger partial charge in [-0.3, -0.25) is 4.79 Å². The Morgan fingerprint density at radius 1 is 1.17 bits per heavy atom. The third kappa shape index (κ3) is 3.74. The Hall–Kier alpha value is -1.02. The van der Waals surface area contributed by atoms with Crippen LogP contribution in [0.4, 0.5) is 5.69 Å². The molecule has 3 heteroatoms. The van der Waals surface area contributed by atoms with E-state index in [0.717, 1.165) is 5.69 Å². The predicted molar refractivity (Wildman–Crippen MR) is 76.2 cm³/mol. The standard InChI is InChI=1S/C15H20ClNO/c16-11-10-15(18)17-14-8-6-13(7-9-14)12-4-2-1-3-5-12/h6-9,12H,1-5,10-11H2,(H,17,18). The molecule has 1 aromatic carbocycles. The Labute approximate surface area is 114 Å². The van der Waals surface area contributed by atoms with E-state index in [9.17, 15) is 4.79 Å². The average Bonchev–Trinajstić information content (AvgIpc) is 2.41. The lowest BCUT2D eigenvalue weighted by molar-refractivity contribution is -0.115. The summed E-state index contributed by atoms with van der Waals surface area (Å²) in [5.41, 5.74) is 2.27. The number of anilines is 1. The van der Waals surface area contributed by atoms with Crippen LogP contribution in [0.5, 0.6) is 0 Å². The van der Waals surface area contributed by atoms with Crippen molar-refractivity contribution in [1.82, 2.24) is 0 Å². The predicted octanol–water partition coefficient (Wildman–Crippen LogP) is 4.30. The van der Waals surface area contributed by atoms with Crippen LogP contribution in [-0.2, 0) is 4.79 Å². The monoisotopic (exact) mass is 265 g/mol. The summed E-state index contributed by atoms with van der Waals surface area (Å²) in [5, 5.41) is 2.85. The first-order valence-corrected chi connectivity index (χ1v) is 7.29. The zero-order chi connectivity index (χ0) is 12.8. The van der Waals surface area contributed by atoms with Gasteiger partial charge in [0.2, 0.25) is 5.91 Å². The molecule has 98 valence electrons. The number of carbonyl (C=O) groups is 1. The Morgan fingerprint density at radius 2 is 1.83 bits per heavy atom. The minimum Gasteiger partial charge on any atom is -0.326 e. The Morgan fingerprint density at radius 3 is 2.44 bits per heavy atom. The molecule has 1 saturated carbocycles. The topological polar surface area (TPSA) is 29.1 Å². The molecule has 0 atom stereocenters. The minimum absolute atomic E-state index is 0.0181. The van der Waals surface area contributed by atoms with Crippen LogP contribution in [0.25, 0.3) is 0 Å². The normalized spacial score (nSPS) is 16.5. The van der Waals surface area contributed by atoms with E-state index in [1.54, 1.807) is 0 Å². The highest BCUT2D eigenvalue weighted by Crippen LogP contribution is 2.32. The molecule has 1 aromatic rings. The van der Waals surface area contributed by atoms with Crippen LogP contribution in [0.3, 0.4) is 0 Å². The Balaban J connectivity index is 1.94. The first-order chi connectivity index (χ1) is 8.79. The molecule has 0 spiro atoms. The van der Waals surface area contributed by atoms with Gasteiger partial charge >= 0.3 is 0 Å². The van der Waals surface area contributed by atoms with E-state index in [-0.39, 0.29) is 5.91 Å². The Bertz CT molecular complexity index is 382. The number of rotatable bonds is 4. The molecule has 1 N–H and O–H groups in total. The molecule has 0 bridgehead atoms. The van der Waals surface area contributed by atoms with Crippen LogP contribution in [0.15, 0.2) is 24.3 Å².